The van der Waals surface area contributed by atoms with Gasteiger partial charge in [0.05, 0.1) is 17.4 Å². The Morgan fingerprint density at radius 2 is 1.95 bits per heavy atom. The minimum absolute atomic E-state index is 0.322. The van der Waals surface area contributed by atoms with Gasteiger partial charge in [0.15, 0.2) is 0 Å². The highest BCUT2D eigenvalue weighted by atomic mass is 15.4. The monoisotopic (exact) mass is 263 g/mol. The molecule has 19 heavy (non-hydrogen) atoms. The average Bonchev–Trinajstić information content (AvgIpc) is 2.91. The Morgan fingerprint density at radius 1 is 1.21 bits per heavy atom. The van der Waals surface area contributed by atoms with Gasteiger partial charge in [0.1, 0.15) is 0 Å². The topological polar surface area (TPSA) is 58.4 Å². The Bertz CT molecular complexity index is 442. The smallest absolute Gasteiger partial charge is 0.250 e. The molecule has 6 nitrogen and oxygen atoms in total. The van der Waals surface area contributed by atoms with Gasteiger partial charge in [-0.1, -0.05) is 19.1 Å². The lowest BCUT2D eigenvalue weighted by atomic mass is 10.1. The van der Waals surface area contributed by atoms with E-state index >= 15 is 0 Å². The molecule has 0 radical (unpaired) electrons. The van der Waals surface area contributed by atoms with E-state index in [-0.39, 0.29) is 0 Å². The fourth-order valence-corrected chi connectivity index (χ4v) is 1.94. The summed E-state index contributed by atoms with van der Waals surface area (Å²) in [5, 5.41) is 15.6. The number of rotatable bonds is 3. The third-order valence-corrected chi connectivity index (χ3v) is 3.21. The van der Waals surface area contributed by atoms with Crippen molar-refractivity contribution < 1.29 is 4.58 Å². The van der Waals surface area contributed by atoms with Crippen molar-refractivity contribution in [3.8, 4) is 0 Å². The molecule has 1 aromatic heterocycles. The molecule has 1 aliphatic carbocycles. The normalized spacial score (nSPS) is 21.6. The predicted octanol–water partition coefficient (Wildman–Crippen LogP) is 2.50. The summed E-state index contributed by atoms with van der Waals surface area (Å²) in [5.41, 5.74) is 0. The van der Waals surface area contributed by atoms with Crippen molar-refractivity contribution >= 4 is 6.34 Å². The van der Waals surface area contributed by atoms with Gasteiger partial charge in [-0.15, -0.1) is 5.10 Å². The molecule has 0 N–H and O–H groups in total. The lowest BCUT2D eigenvalue weighted by Gasteiger charge is -2.10. The molecule has 0 bridgehead atoms. The highest BCUT2D eigenvalue weighted by Crippen LogP contribution is 2.28. The fraction of sp³-hybridized carbons (Fsp3) is 0.769. The number of hydrogen-bond acceptors (Lipinski definition) is 4. The highest BCUT2D eigenvalue weighted by Gasteiger charge is 2.38. The molecule has 1 atom stereocenters. The summed E-state index contributed by atoms with van der Waals surface area (Å²) in [4.78, 5) is 0. The van der Waals surface area contributed by atoms with Gasteiger partial charge < -0.3 is 0 Å². The zero-order chi connectivity index (χ0) is 13.8. The SMILES string of the molecule is CC(C)C1N=NC=[N+]1C1CC1.CC(C)n1ccnn1. The summed E-state index contributed by atoms with van der Waals surface area (Å²) >= 11 is 0. The maximum absolute atomic E-state index is 4.17. The second-order valence-electron chi connectivity index (χ2n) is 5.66. The van der Waals surface area contributed by atoms with E-state index in [4.69, 9.17) is 0 Å². The fourth-order valence-electron chi connectivity index (χ4n) is 1.94. The molecule has 1 fully saturated rings. The highest BCUT2D eigenvalue weighted by molar-refractivity contribution is 5.49. The van der Waals surface area contributed by atoms with E-state index in [9.17, 15) is 0 Å². The van der Waals surface area contributed by atoms with Gasteiger partial charge in [0, 0.05) is 18.2 Å². The standard InChI is InChI=1S/C8H14N3.C5H9N3/c1-6(2)8-10-9-5-11(8)7-3-4-7;1-5(2)8-4-3-6-7-8/h5-8H,3-4H2,1-2H3;3-5H,1-2H3/q+1;. The molecule has 104 valence electrons. The van der Waals surface area contributed by atoms with Gasteiger partial charge in [-0.25, -0.2) is 4.58 Å². The third-order valence-electron chi connectivity index (χ3n) is 3.21. The van der Waals surface area contributed by atoms with Crippen molar-refractivity contribution in [3.63, 3.8) is 0 Å². The lowest BCUT2D eigenvalue weighted by Crippen LogP contribution is -2.28. The Kier molecular flexibility index (Phi) is 4.39. The maximum Gasteiger partial charge on any atom is 0.311 e. The third kappa shape index (κ3) is 3.68. The summed E-state index contributed by atoms with van der Waals surface area (Å²) in [6.45, 7) is 8.51. The van der Waals surface area contributed by atoms with E-state index in [0.29, 0.717) is 18.1 Å². The van der Waals surface area contributed by atoms with E-state index in [0.717, 1.165) is 6.04 Å². The van der Waals surface area contributed by atoms with Gasteiger partial charge in [-0.2, -0.15) is 0 Å². The van der Waals surface area contributed by atoms with Crippen LogP contribution in [0.2, 0.25) is 0 Å². The molecule has 2 aliphatic rings. The predicted molar refractivity (Wildman–Crippen MR) is 73.2 cm³/mol. The number of aromatic nitrogens is 3. The summed E-state index contributed by atoms with van der Waals surface area (Å²) in [7, 11) is 0. The molecule has 2 heterocycles. The van der Waals surface area contributed by atoms with Crippen LogP contribution in [0.5, 0.6) is 0 Å². The molecule has 1 aromatic rings. The largest absolute Gasteiger partial charge is 0.311 e. The number of nitrogens with zero attached hydrogens (tertiary/aromatic N) is 6. The van der Waals surface area contributed by atoms with Gasteiger partial charge in [-0.05, 0) is 31.8 Å². The molecule has 1 unspecified atom stereocenters. The van der Waals surface area contributed by atoms with Crippen molar-refractivity contribution in [1.29, 1.82) is 0 Å². The summed E-state index contributed by atoms with van der Waals surface area (Å²) in [6.07, 6.45) is 8.39. The summed E-state index contributed by atoms with van der Waals surface area (Å²) in [6, 6.07) is 1.18. The molecule has 0 amide bonds. The second-order valence-corrected chi connectivity index (χ2v) is 5.66. The first-order valence-electron chi connectivity index (χ1n) is 6.96. The van der Waals surface area contributed by atoms with Gasteiger partial charge in [0.2, 0.25) is 6.17 Å². The van der Waals surface area contributed by atoms with Crippen molar-refractivity contribution in [3.05, 3.63) is 12.4 Å². The van der Waals surface area contributed by atoms with Crippen LogP contribution in [0.15, 0.2) is 22.6 Å². The Hall–Kier alpha value is -1.59. The van der Waals surface area contributed by atoms with Crippen LogP contribution in [-0.2, 0) is 0 Å². The second kappa shape index (κ2) is 6.04. The van der Waals surface area contributed by atoms with Crippen LogP contribution in [0.3, 0.4) is 0 Å². The minimum Gasteiger partial charge on any atom is -0.250 e. The molecule has 6 heteroatoms. The van der Waals surface area contributed by atoms with E-state index in [1.807, 2.05) is 12.5 Å². The Labute approximate surface area is 114 Å². The maximum atomic E-state index is 4.17. The zero-order valence-electron chi connectivity index (χ0n) is 12.1. The van der Waals surface area contributed by atoms with Gasteiger partial charge in [-0.3, -0.25) is 4.68 Å². The van der Waals surface area contributed by atoms with E-state index in [1.54, 1.807) is 10.9 Å². The number of hydrogen-bond donors (Lipinski definition) is 0. The van der Waals surface area contributed by atoms with E-state index in [2.05, 4.69) is 52.8 Å². The molecule has 3 rings (SSSR count). The van der Waals surface area contributed by atoms with Gasteiger partial charge in [0.25, 0.3) is 0 Å². The van der Waals surface area contributed by atoms with Crippen LogP contribution in [-0.4, -0.2) is 38.1 Å². The summed E-state index contributed by atoms with van der Waals surface area (Å²) < 4.78 is 4.10. The first-order chi connectivity index (χ1) is 9.09. The first-order valence-corrected chi connectivity index (χ1v) is 6.96. The quantitative estimate of drug-likeness (QED) is 0.787. The molecule has 0 spiro atoms. The first kappa shape index (κ1) is 13.8. The van der Waals surface area contributed by atoms with Crippen LogP contribution in [0, 0.1) is 5.92 Å². The van der Waals surface area contributed by atoms with Gasteiger partial charge >= 0.3 is 6.34 Å². The zero-order valence-corrected chi connectivity index (χ0v) is 12.1. The van der Waals surface area contributed by atoms with Crippen LogP contribution in [0.4, 0.5) is 0 Å². The van der Waals surface area contributed by atoms with E-state index in [1.165, 1.54) is 12.8 Å². The van der Waals surface area contributed by atoms with Crippen LogP contribution in [0.25, 0.3) is 0 Å². The van der Waals surface area contributed by atoms with Crippen LogP contribution in [0.1, 0.15) is 46.6 Å². The average molecular weight is 263 g/mol. The van der Waals surface area contributed by atoms with E-state index < -0.39 is 0 Å². The summed E-state index contributed by atoms with van der Waals surface area (Å²) in [5.74, 6) is 0.582. The molecule has 0 saturated heterocycles. The van der Waals surface area contributed by atoms with Crippen molar-refractivity contribution in [2.45, 2.75) is 58.8 Å². The van der Waals surface area contributed by atoms with Crippen molar-refractivity contribution in [1.82, 2.24) is 15.0 Å². The molecule has 1 saturated carbocycles. The number of azo groups is 1. The Morgan fingerprint density at radius 3 is 2.37 bits per heavy atom. The minimum atomic E-state index is 0.322. The molecule has 1 aliphatic heterocycles. The van der Waals surface area contributed by atoms with Crippen molar-refractivity contribution in [2.24, 2.45) is 16.1 Å². The molecular weight excluding hydrogens is 240 g/mol. The Balaban J connectivity index is 0.000000148. The van der Waals surface area contributed by atoms with Crippen LogP contribution >= 0.6 is 0 Å². The molecular formula is C13H23N6+. The lowest BCUT2D eigenvalue weighted by molar-refractivity contribution is -0.576. The van der Waals surface area contributed by atoms with Crippen LogP contribution < -0.4 is 0 Å². The molecule has 0 aromatic carbocycles. The van der Waals surface area contributed by atoms with Crippen molar-refractivity contribution in [2.75, 3.05) is 0 Å².